The lowest BCUT2D eigenvalue weighted by Crippen LogP contribution is -2.44. The molecule has 0 bridgehead atoms. The van der Waals surface area contributed by atoms with E-state index in [1.165, 1.54) is 0 Å². The van der Waals surface area contributed by atoms with E-state index in [1.807, 2.05) is 25.1 Å². The Balaban J connectivity index is 2.64. The molecular formula is C15H25NO. The molecule has 0 fully saturated rings. The Kier molecular flexibility index (Phi) is 4.72. The second-order valence-electron chi connectivity index (χ2n) is 6.09. The molecule has 2 nitrogen and oxygen atoms in total. The molecule has 0 saturated heterocycles. The first-order valence-electron chi connectivity index (χ1n) is 6.29. The van der Waals surface area contributed by atoms with E-state index in [2.05, 4.69) is 38.2 Å². The SMILES string of the molecule is CC(C)(C)CCNC(C)(CO)c1ccccc1. The molecular weight excluding hydrogens is 210 g/mol. The van der Waals surface area contributed by atoms with Crippen LogP contribution in [0.25, 0.3) is 0 Å². The highest BCUT2D eigenvalue weighted by molar-refractivity contribution is 5.23. The van der Waals surface area contributed by atoms with Crippen LogP contribution in [0.2, 0.25) is 0 Å². The zero-order valence-electron chi connectivity index (χ0n) is 11.5. The summed E-state index contributed by atoms with van der Waals surface area (Å²) in [6.45, 7) is 9.76. The highest BCUT2D eigenvalue weighted by Gasteiger charge is 2.25. The molecule has 0 amide bonds. The standard InChI is InChI=1S/C15H25NO/c1-14(2,3)10-11-16-15(4,12-17)13-8-6-5-7-9-13/h5-9,16-17H,10-12H2,1-4H3. The first-order valence-corrected chi connectivity index (χ1v) is 6.29. The Labute approximate surface area is 105 Å². The molecule has 0 aliphatic heterocycles. The van der Waals surface area contributed by atoms with Crippen LogP contribution in [-0.4, -0.2) is 18.3 Å². The topological polar surface area (TPSA) is 32.3 Å². The van der Waals surface area contributed by atoms with Gasteiger partial charge in [0.2, 0.25) is 0 Å². The number of aliphatic hydroxyl groups is 1. The van der Waals surface area contributed by atoms with E-state index in [4.69, 9.17) is 0 Å². The summed E-state index contributed by atoms with van der Waals surface area (Å²) in [7, 11) is 0. The van der Waals surface area contributed by atoms with Gasteiger partial charge in [0.05, 0.1) is 12.1 Å². The average molecular weight is 235 g/mol. The van der Waals surface area contributed by atoms with Gasteiger partial charge >= 0.3 is 0 Å². The van der Waals surface area contributed by atoms with E-state index in [0.717, 1.165) is 18.5 Å². The summed E-state index contributed by atoms with van der Waals surface area (Å²) in [4.78, 5) is 0. The highest BCUT2D eigenvalue weighted by Crippen LogP contribution is 2.22. The summed E-state index contributed by atoms with van der Waals surface area (Å²) >= 11 is 0. The van der Waals surface area contributed by atoms with Gasteiger partial charge in [0.1, 0.15) is 0 Å². The van der Waals surface area contributed by atoms with Crippen molar-refractivity contribution in [2.45, 2.75) is 39.7 Å². The van der Waals surface area contributed by atoms with Crippen LogP contribution in [0.3, 0.4) is 0 Å². The molecule has 0 heterocycles. The van der Waals surface area contributed by atoms with Crippen molar-refractivity contribution in [3.8, 4) is 0 Å². The highest BCUT2D eigenvalue weighted by atomic mass is 16.3. The zero-order valence-corrected chi connectivity index (χ0v) is 11.5. The van der Waals surface area contributed by atoms with Crippen LogP contribution in [0.15, 0.2) is 30.3 Å². The fourth-order valence-corrected chi connectivity index (χ4v) is 1.77. The van der Waals surface area contributed by atoms with Crippen LogP contribution in [0.1, 0.15) is 39.7 Å². The molecule has 2 heteroatoms. The second kappa shape index (κ2) is 5.65. The van der Waals surface area contributed by atoms with E-state index >= 15 is 0 Å². The fraction of sp³-hybridized carbons (Fsp3) is 0.600. The fourth-order valence-electron chi connectivity index (χ4n) is 1.77. The molecule has 17 heavy (non-hydrogen) atoms. The molecule has 0 aliphatic carbocycles. The van der Waals surface area contributed by atoms with Crippen LogP contribution >= 0.6 is 0 Å². The normalized spacial score (nSPS) is 15.6. The van der Waals surface area contributed by atoms with Gasteiger partial charge in [-0.1, -0.05) is 51.1 Å². The maximum atomic E-state index is 9.61. The molecule has 1 atom stereocenters. The molecule has 0 spiro atoms. The van der Waals surface area contributed by atoms with Crippen molar-refractivity contribution in [3.05, 3.63) is 35.9 Å². The third-order valence-electron chi connectivity index (χ3n) is 3.12. The molecule has 0 aliphatic rings. The van der Waals surface area contributed by atoms with Gasteiger partial charge in [-0.25, -0.2) is 0 Å². The molecule has 1 rings (SSSR count). The number of rotatable bonds is 5. The van der Waals surface area contributed by atoms with Crippen LogP contribution < -0.4 is 5.32 Å². The largest absolute Gasteiger partial charge is 0.394 e. The maximum absolute atomic E-state index is 9.61. The lowest BCUT2D eigenvalue weighted by molar-refractivity contribution is 0.169. The van der Waals surface area contributed by atoms with Gasteiger partial charge in [0.15, 0.2) is 0 Å². The van der Waals surface area contributed by atoms with Crippen LogP contribution in [-0.2, 0) is 5.54 Å². The van der Waals surface area contributed by atoms with Crippen LogP contribution in [0.5, 0.6) is 0 Å². The number of aliphatic hydroxyl groups excluding tert-OH is 1. The van der Waals surface area contributed by atoms with Gasteiger partial charge in [-0.05, 0) is 30.9 Å². The zero-order chi connectivity index (χ0) is 12.9. The van der Waals surface area contributed by atoms with Crippen molar-refractivity contribution in [1.29, 1.82) is 0 Å². The van der Waals surface area contributed by atoms with Crippen molar-refractivity contribution >= 4 is 0 Å². The summed E-state index contributed by atoms with van der Waals surface area (Å²) in [5.74, 6) is 0. The minimum absolute atomic E-state index is 0.112. The molecule has 0 saturated carbocycles. The average Bonchev–Trinajstić information content (AvgIpc) is 2.28. The Morgan fingerprint density at radius 3 is 2.12 bits per heavy atom. The van der Waals surface area contributed by atoms with Crippen LogP contribution in [0, 0.1) is 5.41 Å². The molecule has 1 aromatic carbocycles. The molecule has 0 radical (unpaired) electrons. The minimum atomic E-state index is -0.341. The Hall–Kier alpha value is -0.860. The van der Waals surface area contributed by atoms with Crippen molar-refractivity contribution in [2.75, 3.05) is 13.2 Å². The van der Waals surface area contributed by atoms with E-state index in [-0.39, 0.29) is 12.1 Å². The van der Waals surface area contributed by atoms with Gasteiger partial charge in [-0.3, -0.25) is 0 Å². The van der Waals surface area contributed by atoms with E-state index in [1.54, 1.807) is 0 Å². The number of hydrogen-bond acceptors (Lipinski definition) is 2. The number of benzene rings is 1. The Bertz CT molecular complexity index is 329. The van der Waals surface area contributed by atoms with Crippen LogP contribution in [0.4, 0.5) is 0 Å². The second-order valence-corrected chi connectivity index (χ2v) is 6.09. The maximum Gasteiger partial charge on any atom is 0.0652 e. The smallest absolute Gasteiger partial charge is 0.0652 e. The van der Waals surface area contributed by atoms with E-state index in [9.17, 15) is 5.11 Å². The summed E-state index contributed by atoms with van der Waals surface area (Å²) in [6, 6.07) is 10.1. The molecule has 1 aromatic rings. The summed E-state index contributed by atoms with van der Waals surface area (Å²) in [6.07, 6.45) is 1.09. The quantitative estimate of drug-likeness (QED) is 0.822. The van der Waals surface area contributed by atoms with Crippen molar-refractivity contribution in [1.82, 2.24) is 5.32 Å². The first kappa shape index (κ1) is 14.2. The molecule has 96 valence electrons. The van der Waals surface area contributed by atoms with Crippen molar-refractivity contribution < 1.29 is 5.11 Å². The monoisotopic (exact) mass is 235 g/mol. The van der Waals surface area contributed by atoms with Gasteiger partial charge in [0, 0.05) is 0 Å². The number of hydrogen-bond donors (Lipinski definition) is 2. The Morgan fingerprint density at radius 2 is 1.65 bits per heavy atom. The van der Waals surface area contributed by atoms with Gasteiger partial charge < -0.3 is 10.4 Å². The lowest BCUT2D eigenvalue weighted by atomic mass is 9.89. The third-order valence-corrected chi connectivity index (χ3v) is 3.12. The van der Waals surface area contributed by atoms with Gasteiger partial charge in [0.25, 0.3) is 0 Å². The third kappa shape index (κ3) is 4.49. The molecule has 1 unspecified atom stereocenters. The minimum Gasteiger partial charge on any atom is -0.394 e. The Morgan fingerprint density at radius 1 is 1.06 bits per heavy atom. The van der Waals surface area contributed by atoms with Gasteiger partial charge in [-0.2, -0.15) is 0 Å². The summed E-state index contributed by atoms with van der Waals surface area (Å²) in [5, 5.41) is 13.1. The van der Waals surface area contributed by atoms with E-state index < -0.39 is 0 Å². The summed E-state index contributed by atoms with van der Waals surface area (Å²) < 4.78 is 0. The summed E-state index contributed by atoms with van der Waals surface area (Å²) in [5.41, 5.74) is 1.11. The predicted molar refractivity (Wildman–Crippen MR) is 73.0 cm³/mol. The lowest BCUT2D eigenvalue weighted by Gasteiger charge is -2.31. The van der Waals surface area contributed by atoms with E-state index in [0.29, 0.717) is 5.41 Å². The molecule has 0 aromatic heterocycles. The van der Waals surface area contributed by atoms with Crippen molar-refractivity contribution in [3.63, 3.8) is 0 Å². The van der Waals surface area contributed by atoms with Crippen molar-refractivity contribution in [2.24, 2.45) is 5.41 Å². The number of nitrogens with one attached hydrogen (secondary N) is 1. The first-order chi connectivity index (χ1) is 7.87. The predicted octanol–water partition coefficient (Wildman–Crippen LogP) is 2.92. The molecule has 2 N–H and O–H groups in total. The van der Waals surface area contributed by atoms with Gasteiger partial charge in [-0.15, -0.1) is 0 Å².